The zero-order valence-corrected chi connectivity index (χ0v) is 28.0. The molecule has 1 aliphatic heterocycles. The Balaban J connectivity index is 1.41. The smallest absolute Gasteiger partial charge is 0.395 e. The Morgan fingerprint density at radius 3 is 2.10 bits per heavy atom. The number of aliphatic hydroxyl groups is 1. The van der Waals surface area contributed by atoms with Crippen molar-refractivity contribution in [2.45, 2.75) is 25.7 Å². The first-order chi connectivity index (χ1) is 24.1. The van der Waals surface area contributed by atoms with E-state index in [-0.39, 0.29) is 31.1 Å². The van der Waals surface area contributed by atoms with Crippen molar-refractivity contribution < 1.29 is 27.9 Å². The van der Waals surface area contributed by atoms with Crippen molar-refractivity contribution in [2.24, 2.45) is 5.92 Å². The average molecular weight is 686 g/mol. The van der Waals surface area contributed by atoms with Crippen LogP contribution in [0.3, 0.4) is 0 Å². The van der Waals surface area contributed by atoms with Gasteiger partial charge in [0, 0.05) is 64.6 Å². The summed E-state index contributed by atoms with van der Waals surface area (Å²) >= 11 is 0. The summed E-state index contributed by atoms with van der Waals surface area (Å²) in [7, 11) is 1.81. The summed E-state index contributed by atoms with van der Waals surface area (Å²) in [4.78, 5) is 38.8. The Morgan fingerprint density at radius 1 is 0.880 bits per heavy atom. The SMILES string of the molecule is CN(CCO)c1ccc(CNC(=O)C(=Cc2ccc(C(F)(F)F)cc2)[C@H](Cc2ccccc2)C(=O)N2CCN(Cc3ccccc3)CC2)cn1. The Labute approximate surface area is 290 Å². The van der Waals surface area contributed by atoms with E-state index in [4.69, 9.17) is 0 Å². The number of benzene rings is 3. The first-order valence-electron chi connectivity index (χ1n) is 16.6. The van der Waals surface area contributed by atoms with Crippen LogP contribution in [0.5, 0.6) is 0 Å². The van der Waals surface area contributed by atoms with E-state index in [9.17, 15) is 27.9 Å². The number of aromatic nitrogens is 1. The number of carbonyl (C=O) groups excluding carboxylic acids is 2. The summed E-state index contributed by atoms with van der Waals surface area (Å²) < 4.78 is 40.1. The summed E-state index contributed by atoms with van der Waals surface area (Å²) in [5, 5.41) is 12.2. The van der Waals surface area contributed by atoms with E-state index in [1.807, 2.05) is 61.6 Å². The quantitative estimate of drug-likeness (QED) is 0.183. The van der Waals surface area contributed by atoms with Gasteiger partial charge in [0.2, 0.25) is 11.8 Å². The number of carbonyl (C=O) groups is 2. The molecule has 0 saturated carbocycles. The predicted molar refractivity (Wildman–Crippen MR) is 188 cm³/mol. The second kappa shape index (κ2) is 17.1. The molecule has 1 fully saturated rings. The Bertz CT molecular complexity index is 1710. The molecule has 4 aromatic rings. The first-order valence-corrected chi connectivity index (χ1v) is 16.6. The largest absolute Gasteiger partial charge is 0.416 e. The molecule has 0 radical (unpaired) electrons. The number of rotatable bonds is 13. The lowest BCUT2D eigenvalue weighted by atomic mass is 9.88. The lowest BCUT2D eigenvalue weighted by Gasteiger charge is -2.37. The van der Waals surface area contributed by atoms with Gasteiger partial charge in [-0.1, -0.05) is 78.9 Å². The third-order valence-corrected chi connectivity index (χ3v) is 8.80. The van der Waals surface area contributed by atoms with Crippen LogP contribution in [-0.2, 0) is 35.3 Å². The van der Waals surface area contributed by atoms with Crippen LogP contribution in [0.4, 0.5) is 19.0 Å². The van der Waals surface area contributed by atoms with Crippen molar-refractivity contribution in [3.63, 3.8) is 0 Å². The highest BCUT2D eigenvalue weighted by atomic mass is 19.4. The third-order valence-electron chi connectivity index (χ3n) is 8.80. The predicted octanol–water partition coefficient (Wildman–Crippen LogP) is 5.43. The molecule has 8 nitrogen and oxygen atoms in total. The first kappa shape index (κ1) is 36.3. The molecule has 0 spiro atoms. The average Bonchev–Trinajstić information content (AvgIpc) is 3.13. The van der Waals surface area contributed by atoms with Gasteiger partial charge >= 0.3 is 6.18 Å². The number of alkyl halides is 3. The summed E-state index contributed by atoms with van der Waals surface area (Å²) in [5.74, 6) is -0.940. The van der Waals surface area contributed by atoms with Crippen LogP contribution < -0.4 is 10.2 Å². The Hall–Kier alpha value is -5.00. The van der Waals surface area contributed by atoms with Gasteiger partial charge < -0.3 is 20.2 Å². The van der Waals surface area contributed by atoms with Crippen molar-refractivity contribution in [1.82, 2.24) is 20.1 Å². The molecule has 2 heterocycles. The Morgan fingerprint density at radius 2 is 1.52 bits per heavy atom. The monoisotopic (exact) mass is 685 g/mol. The third kappa shape index (κ3) is 10.0. The maximum Gasteiger partial charge on any atom is 0.416 e. The number of hydrogen-bond acceptors (Lipinski definition) is 6. The van der Waals surface area contributed by atoms with Gasteiger partial charge in [-0.15, -0.1) is 0 Å². The fourth-order valence-electron chi connectivity index (χ4n) is 5.94. The van der Waals surface area contributed by atoms with E-state index >= 15 is 0 Å². The number of anilines is 1. The van der Waals surface area contributed by atoms with Crippen LogP contribution in [0.15, 0.2) is 109 Å². The zero-order chi connectivity index (χ0) is 35.5. The lowest BCUT2D eigenvalue weighted by molar-refractivity contribution is -0.138. The molecule has 1 aliphatic rings. The molecule has 50 heavy (non-hydrogen) atoms. The van der Waals surface area contributed by atoms with Crippen molar-refractivity contribution >= 4 is 23.7 Å². The van der Waals surface area contributed by atoms with Gasteiger partial charge in [-0.25, -0.2) is 4.98 Å². The molecule has 0 aliphatic carbocycles. The van der Waals surface area contributed by atoms with Gasteiger partial charge in [0.15, 0.2) is 0 Å². The standard InChI is InChI=1S/C39H42F3N5O3/c1-45(22-23-48)36-17-14-32(26-43-36)27-44-37(49)34(24-30-12-15-33(16-13-30)39(40,41)42)35(25-29-8-4-2-5-9-29)38(50)47-20-18-46(19-21-47)28-31-10-6-3-7-11-31/h2-17,24,26,35,48H,18-23,25,27-28H2,1H3,(H,44,49)/t35-/m0/s1. The number of nitrogens with one attached hydrogen (secondary N) is 1. The van der Waals surface area contributed by atoms with Crippen LogP contribution in [0, 0.1) is 5.92 Å². The van der Waals surface area contributed by atoms with Gasteiger partial charge in [0.05, 0.1) is 18.1 Å². The molecule has 2 amide bonds. The van der Waals surface area contributed by atoms with Crippen LogP contribution in [0.1, 0.15) is 27.8 Å². The number of piperazine rings is 1. The van der Waals surface area contributed by atoms with Crippen LogP contribution in [0.2, 0.25) is 0 Å². The number of nitrogens with zero attached hydrogens (tertiary/aromatic N) is 4. The number of halogens is 3. The second-order valence-electron chi connectivity index (χ2n) is 12.4. The lowest BCUT2D eigenvalue weighted by Crippen LogP contribution is -2.51. The van der Waals surface area contributed by atoms with Gasteiger partial charge in [-0.05, 0) is 52.9 Å². The molecule has 5 rings (SSSR count). The highest BCUT2D eigenvalue weighted by Gasteiger charge is 2.34. The van der Waals surface area contributed by atoms with Gasteiger partial charge in [-0.3, -0.25) is 14.5 Å². The van der Waals surface area contributed by atoms with Crippen molar-refractivity contribution in [3.8, 4) is 0 Å². The second-order valence-corrected chi connectivity index (χ2v) is 12.4. The zero-order valence-electron chi connectivity index (χ0n) is 28.0. The van der Waals surface area contributed by atoms with Crippen molar-refractivity contribution in [2.75, 3.05) is 51.3 Å². The minimum Gasteiger partial charge on any atom is -0.395 e. The number of hydrogen-bond donors (Lipinski definition) is 2. The van der Waals surface area contributed by atoms with E-state index in [1.54, 1.807) is 22.1 Å². The minimum absolute atomic E-state index is 0.0176. The van der Waals surface area contributed by atoms with E-state index in [0.717, 1.165) is 24.2 Å². The number of aliphatic hydroxyl groups excluding tert-OH is 1. The molecule has 1 saturated heterocycles. The number of likely N-dealkylation sites (N-methyl/N-ethyl adjacent to an activating group) is 1. The summed E-state index contributed by atoms with van der Waals surface area (Å²) in [6.45, 7) is 3.58. The molecule has 0 bridgehead atoms. The molecular formula is C39H42F3N5O3. The van der Waals surface area contributed by atoms with Crippen molar-refractivity contribution in [1.29, 1.82) is 0 Å². The molecule has 0 unspecified atom stereocenters. The highest BCUT2D eigenvalue weighted by Crippen LogP contribution is 2.30. The van der Waals surface area contributed by atoms with E-state index in [1.165, 1.54) is 23.8 Å². The molecule has 262 valence electrons. The molecule has 1 aromatic heterocycles. The molecule has 1 atom stereocenters. The molecular weight excluding hydrogens is 643 g/mol. The summed E-state index contributed by atoms with van der Waals surface area (Å²) in [6, 6.07) is 27.7. The van der Waals surface area contributed by atoms with E-state index < -0.39 is 23.6 Å². The summed E-state index contributed by atoms with van der Waals surface area (Å²) in [5.41, 5.74) is 2.50. The van der Waals surface area contributed by atoms with Gasteiger partial charge in [0.1, 0.15) is 5.82 Å². The fourth-order valence-corrected chi connectivity index (χ4v) is 5.94. The fraction of sp³-hybridized carbons (Fsp3) is 0.308. The normalized spacial score (nSPS) is 14.7. The Kier molecular flexibility index (Phi) is 12.4. The topological polar surface area (TPSA) is 89.0 Å². The van der Waals surface area contributed by atoms with Crippen LogP contribution >= 0.6 is 0 Å². The number of pyridine rings is 1. The van der Waals surface area contributed by atoms with Crippen LogP contribution in [0.25, 0.3) is 6.08 Å². The van der Waals surface area contributed by atoms with Crippen molar-refractivity contribution in [3.05, 3.63) is 137 Å². The maximum absolute atomic E-state index is 14.4. The molecule has 11 heteroatoms. The van der Waals surface area contributed by atoms with Gasteiger partial charge in [0.25, 0.3) is 0 Å². The van der Waals surface area contributed by atoms with Crippen LogP contribution in [-0.4, -0.2) is 78.1 Å². The molecule has 3 aromatic carbocycles. The minimum atomic E-state index is -4.51. The van der Waals surface area contributed by atoms with E-state index in [2.05, 4.69) is 27.3 Å². The van der Waals surface area contributed by atoms with Gasteiger partial charge in [-0.2, -0.15) is 13.2 Å². The maximum atomic E-state index is 14.4. The highest BCUT2D eigenvalue weighted by molar-refractivity contribution is 6.04. The summed E-state index contributed by atoms with van der Waals surface area (Å²) in [6.07, 6.45) is -1.12. The number of amides is 2. The van der Waals surface area contributed by atoms with E-state index in [0.29, 0.717) is 49.7 Å². The molecule has 2 N–H and O–H groups in total.